The van der Waals surface area contributed by atoms with Crippen molar-refractivity contribution in [2.45, 2.75) is 25.8 Å². The fourth-order valence-corrected chi connectivity index (χ4v) is 1.55. The second-order valence-corrected chi connectivity index (χ2v) is 4.66. The molecule has 1 aromatic rings. The Morgan fingerprint density at radius 2 is 2.05 bits per heavy atom. The molecule has 0 bridgehead atoms. The Kier molecular flexibility index (Phi) is 3.69. The van der Waals surface area contributed by atoms with Gasteiger partial charge in [0.25, 0.3) is 0 Å². The van der Waals surface area contributed by atoms with Crippen molar-refractivity contribution in [1.82, 2.24) is 0 Å². The molecule has 1 aliphatic rings. The lowest BCUT2D eigenvalue weighted by molar-refractivity contribution is -0.144. The second-order valence-electron chi connectivity index (χ2n) is 4.66. The largest absolute Gasteiger partial charge is 0.481 e. The van der Waals surface area contributed by atoms with Gasteiger partial charge in [-0.05, 0) is 38.0 Å². The van der Waals surface area contributed by atoms with E-state index in [1.54, 1.807) is 0 Å². The number of carboxylic acids is 1. The number of carbonyl (C=O) groups is 2. The summed E-state index contributed by atoms with van der Waals surface area (Å²) in [5.74, 6) is -3.39. The van der Waals surface area contributed by atoms with Gasteiger partial charge in [-0.25, -0.2) is 4.39 Å². The summed E-state index contributed by atoms with van der Waals surface area (Å²) >= 11 is 0. The van der Waals surface area contributed by atoms with Crippen LogP contribution in [0.25, 0.3) is 0 Å². The van der Waals surface area contributed by atoms with E-state index in [2.05, 4.69) is 10.6 Å². The predicted molar refractivity (Wildman–Crippen MR) is 68.5 cm³/mol. The van der Waals surface area contributed by atoms with Crippen molar-refractivity contribution >= 4 is 23.3 Å². The van der Waals surface area contributed by atoms with Gasteiger partial charge in [0.1, 0.15) is 11.7 Å². The molecule has 0 radical (unpaired) electrons. The monoisotopic (exact) mass is 266 g/mol. The first-order valence-corrected chi connectivity index (χ1v) is 6.07. The van der Waals surface area contributed by atoms with E-state index in [1.807, 2.05) is 0 Å². The van der Waals surface area contributed by atoms with Crippen LogP contribution in [0, 0.1) is 11.7 Å². The van der Waals surface area contributed by atoms with Crippen LogP contribution in [0.15, 0.2) is 18.2 Å². The quantitative estimate of drug-likeness (QED) is 0.713. The molecule has 0 aromatic heterocycles. The smallest absolute Gasteiger partial charge is 0.315 e. The molecule has 19 heavy (non-hydrogen) atoms. The molecular weight excluding hydrogens is 251 g/mol. The van der Waals surface area contributed by atoms with E-state index in [-0.39, 0.29) is 0 Å². The topological polar surface area (TPSA) is 78.4 Å². The normalized spacial score (nSPS) is 15.7. The minimum atomic E-state index is -1.20. The van der Waals surface area contributed by atoms with Crippen molar-refractivity contribution in [3.63, 3.8) is 0 Å². The number of aliphatic carboxylic acids is 1. The fraction of sp³-hybridized carbons (Fsp3) is 0.385. The first-order chi connectivity index (χ1) is 8.97. The van der Waals surface area contributed by atoms with Crippen molar-refractivity contribution in [3.8, 4) is 0 Å². The Morgan fingerprint density at radius 1 is 1.37 bits per heavy atom. The Balaban J connectivity index is 2.14. The van der Waals surface area contributed by atoms with Gasteiger partial charge in [-0.2, -0.15) is 0 Å². The fourth-order valence-electron chi connectivity index (χ4n) is 1.55. The van der Waals surface area contributed by atoms with E-state index >= 15 is 0 Å². The van der Waals surface area contributed by atoms with Crippen molar-refractivity contribution in [1.29, 1.82) is 0 Å². The van der Waals surface area contributed by atoms with Gasteiger partial charge in [0, 0.05) is 6.04 Å². The highest BCUT2D eigenvalue weighted by molar-refractivity contribution is 6.05. The summed E-state index contributed by atoms with van der Waals surface area (Å²) in [6, 6.07) is 4.24. The zero-order chi connectivity index (χ0) is 14.0. The van der Waals surface area contributed by atoms with Crippen LogP contribution >= 0.6 is 0 Å². The van der Waals surface area contributed by atoms with Gasteiger partial charge in [0.15, 0.2) is 0 Å². The lowest BCUT2D eigenvalue weighted by Crippen LogP contribution is -2.27. The number of carboxylic acid groups (broad SMARTS) is 1. The first-order valence-electron chi connectivity index (χ1n) is 6.07. The molecule has 1 fully saturated rings. The summed E-state index contributed by atoms with van der Waals surface area (Å²) in [5, 5.41) is 14.4. The first kappa shape index (κ1) is 13.3. The molecule has 5 nitrogen and oxygen atoms in total. The summed E-state index contributed by atoms with van der Waals surface area (Å²) in [6.07, 6.45) is 2.02. The molecule has 0 spiro atoms. The van der Waals surface area contributed by atoms with Crippen LogP contribution in [0.4, 0.5) is 15.8 Å². The van der Waals surface area contributed by atoms with Crippen molar-refractivity contribution in [2.75, 3.05) is 10.6 Å². The molecule has 0 aliphatic heterocycles. The molecule has 1 amide bonds. The van der Waals surface area contributed by atoms with Crippen LogP contribution in [0.1, 0.15) is 19.8 Å². The van der Waals surface area contributed by atoms with Gasteiger partial charge < -0.3 is 15.7 Å². The predicted octanol–water partition coefficient (Wildman–Crippen LogP) is 2.06. The van der Waals surface area contributed by atoms with E-state index in [9.17, 15) is 14.0 Å². The molecule has 1 unspecified atom stereocenters. The lowest BCUT2D eigenvalue weighted by atomic mass is 10.1. The third-order valence-corrected chi connectivity index (χ3v) is 2.94. The Hall–Kier alpha value is -2.11. The van der Waals surface area contributed by atoms with Crippen LogP contribution in [-0.4, -0.2) is 23.0 Å². The number of hydrogen-bond acceptors (Lipinski definition) is 3. The summed E-state index contributed by atoms with van der Waals surface area (Å²) < 4.78 is 13.2. The van der Waals surface area contributed by atoms with E-state index < -0.39 is 23.6 Å². The Labute approximate surface area is 109 Å². The molecule has 102 valence electrons. The number of nitrogens with one attached hydrogen (secondary N) is 2. The molecule has 6 heteroatoms. The minimum Gasteiger partial charge on any atom is -0.481 e. The minimum absolute atomic E-state index is 0.300. The van der Waals surface area contributed by atoms with E-state index in [4.69, 9.17) is 5.11 Å². The molecule has 1 aliphatic carbocycles. The molecule has 1 aromatic carbocycles. The molecule has 1 saturated carbocycles. The highest BCUT2D eigenvalue weighted by Gasteiger charge is 2.24. The van der Waals surface area contributed by atoms with Gasteiger partial charge in [-0.15, -0.1) is 0 Å². The maximum Gasteiger partial charge on any atom is 0.315 e. The number of hydrogen-bond donors (Lipinski definition) is 3. The standard InChI is InChI=1S/C13H15FN2O3/c1-7(13(18)19)12(17)16-10-5-2-8(14)6-11(10)15-9-3-4-9/h2,5-7,9,15H,3-4H2,1H3,(H,16,17)(H,18,19). The third-order valence-electron chi connectivity index (χ3n) is 2.94. The lowest BCUT2D eigenvalue weighted by Gasteiger charge is -2.14. The van der Waals surface area contributed by atoms with Gasteiger partial charge in [0.05, 0.1) is 11.4 Å². The molecular formula is C13H15FN2O3. The highest BCUT2D eigenvalue weighted by atomic mass is 19.1. The molecule has 0 heterocycles. The van der Waals surface area contributed by atoms with Gasteiger partial charge in [0.2, 0.25) is 5.91 Å². The van der Waals surface area contributed by atoms with E-state index in [0.29, 0.717) is 17.4 Å². The molecule has 1 atom stereocenters. The highest BCUT2D eigenvalue weighted by Crippen LogP contribution is 2.30. The Morgan fingerprint density at radius 3 is 2.63 bits per heavy atom. The zero-order valence-corrected chi connectivity index (χ0v) is 10.4. The van der Waals surface area contributed by atoms with Crippen LogP contribution in [0.3, 0.4) is 0 Å². The molecule has 2 rings (SSSR count). The van der Waals surface area contributed by atoms with Crippen LogP contribution in [-0.2, 0) is 9.59 Å². The number of anilines is 2. The van der Waals surface area contributed by atoms with Crippen molar-refractivity contribution in [3.05, 3.63) is 24.0 Å². The maximum atomic E-state index is 13.2. The van der Waals surface area contributed by atoms with Crippen LogP contribution in [0.2, 0.25) is 0 Å². The third kappa shape index (κ3) is 3.43. The van der Waals surface area contributed by atoms with E-state index in [1.165, 1.54) is 25.1 Å². The van der Waals surface area contributed by atoms with Crippen molar-refractivity contribution < 1.29 is 19.1 Å². The summed E-state index contributed by atoms with van der Waals surface area (Å²) in [5.41, 5.74) is 0.875. The SMILES string of the molecule is CC(C(=O)O)C(=O)Nc1ccc(F)cc1NC1CC1. The summed E-state index contributed by atoms with van der Waals surface area (Å²) in [6.45, 7) is 1.30. The number of benzene rings is 1. The van der Waals surface area contributed by atoms with Gasteiger partial charge >= 0.3 is 5.97 Å². The number of rotatable bonds is 5. The number of halogens is 1. The average Bonchev–Trinajstić information content (AvgIpc) is 3.15. The number of amides is 1. The average molecular weight is 266 g/mol. The molecule has 3 N–H and O–H groups in total. The van der Waals surface area contributed by atoms with Gasteiger partial charge in [-0.3, -0.25) is 9.59 Å². The van der Waals surface area contributed by atoms with E-state index in [0.717, 1.165) is 12.8 Å². The molecule has 0 saturated heterocycles. The van der Waals surface area contributed by atoms with Crippen LogP contribution < -0.4 is 10.6 Å². The van der Waals surface area contributed by atoms with Gasteiger partial charge in [-0.1, -0.05) is 0 Å². The second kappa shape index (κ2) is 5.26. The van der Waals surface area contributed by atoms with Crippen LogP contribution in [0.5, 0.6) is 0 Å². The summed E-state index contributed by atoms with van der Waals surface area (Å²) in [7, 11) is 0. The van der Waals surface area contributed by atoms with Crippen molar-refractivity contribution in [2.24, 2.45) is 5.92 Å². The zero-order valence-electron chi connectivity index (χ0n) is 10.4. The maximum absolute atomic E-state index is 13.2. The Bertz CT molecular complexity index is 515. The summed E-state index contributed by atoms with van der Waals surface area (Å²) in [4.78, 5) is 22.4. The number of carbonyl (C=O) groups excluding carboxylic acids is 1.